The third-order valence-electron chi connectivity index (χ3n) is 2.93. The minimum atomic E-state index is -0.416. The van der Waals surface area contributed by atoms with Crippen LogP contribution in [0.25, 0.3) is 0 Å². The van der Waals surface area contributed by atoms with Crippen LogP contribution in [0, 0.1) is 0 Å². The lowest BCUT2D eigenvalue weighted by atomic mass is 10.2. The average molecular weight is 293 g/mol. The van der Waals surface area contributed by atoms with Crippen molar-refractivity contribution in [2.24, 2.45) is 0 Å². The number of hydrogen-bond donors (Lipinski definition) is 3. The zero-order valence-electron chi connectivity index (χ0n) is 12.5. The molecule has 116 valence electrons. The van der Waals surface area contributed by atoms with Gasteiger partial charge in [-0.05, 0) is 32.4 Å². The van der Waals surface area contributed by atoms with E-state index < -0.39 is 6.03 Å². The maximum atomic E-state index is 12.0. The summed E-state index contributed by atoms with van der Waals surface area (Å²) in [5, 5.41) is 14.0. The number of urea groups is 1. The van der Waals surface area contributed by atoms with Gasteiger partial charge in [-0.25, -0.2) is 4.79 Å². The third-order valence-corrected chi connectivity index (χ3v) is 2.93. The van der Waals surface area contributed by atoms with Crippen molar-refractivity contribution >= 4 is 17.6 Å². The van der Waals surface area contributed by atoms with Crippen LogP contribution >= 0.6 is 0 Å². The van der Waals surface area contributed by atoms with Crippen LogP contribution in [0.4, 0.5) is 10.5 Å². The molecule has 0 spiro atoms. The molecule has 21 heavy (non-hydrogen) atoms. The molecule has 0 aliphatic heterocycles. The fourth-order valence-corrected chi connectivity index (χ4v) is 1.87. The summed E-state index contributed by atoms with van der Waals surface area (Å²) in [5.41, 5.74) is 0.670. The Morgan fingerprint density at radius 1 is 1.24 bits per heavy atom. The van der Waals surface area contributed by atoms with Crippen LogP contribution in [0.15, 0.2) is 30.3 Å². The minimum absolute atomic E-state index is 0.0306. The number of benzene rings is 1. The summed E-state index contributed by atoms with van der Waals surface area (Å²) in [7, 11) is 0. The normalized spacial score (nSPS) is 10.3. The van der Waals surface area contributed by atoms with E-state index in [4.69, 9.17) is 5.11 Å². The van der Waals surface area contributed by atoms with Crippen LogP contribution < -0.4 is 10.6 Å². The van der Waals surface area contributed by atoms with Gasteiger partial charge < -0.3 is 20.6 Å². The van der Waals surface area contributed by atoms with Gasteiger partial charge in [0, 0.05) is 24.9 Å². The van der Waals surface area contributed by atoms with Crippen molar-refractivity contribution in [1.29, 1.82) is 0 Å². The molecule has 6 heteroatoms. The van der Waals surface area contributed by atoms with Crippen molar-refractivity contribution in [3.05, 3.63) is 30.3 Å². The molecular formula is C15H23N3O3. The van der Waals surface area contributed by atoms with Crippen molar-refractivity contribution in [2.75, 3.05) is 25.0 Å². The van der Waals surface area contributed by atoms with Crippen molar-refractivity contribution in [2.45, 2.75) is 26.3 Å². The Morgan fingerprint density at radius 2 is 1.90 bits per heavy atom. The molecule has 6 nitrogen and oxygen atoms in total. The SMILES string of the molecule is CC(C)N(CCCO)C(=O)CNC(=O)Nc1ccccc1. The molecule has 0 fully saturated rings. The van der Waals surface area contributed by atoms with Crippen LogP contribution in [-0.4, -0.2) is 47.7 Å². The van der Waals surface area contributed by atoms with E-state index in [0.29, 0.717) is 18.7 Å². The van der Waals surface area contributed by atoms with E-state index in [1.807, 2.05) is 32.0 Å². The fraction of sp³-hybridized carbons (Fsp3) is 0.467. The summed E-state index contributed by atoms with van der Waals surface area (Å²) in [6.45, 7) is 4.26. The van der Waals surface area contributed by atoms with Crippen LogP contribution in [-0.2, 0) is 4.79 Å². The number of carbonyl (C=O) groups is 2. The van der Waals surface area contributed by atoms with Crippen molar-refractivity contribution < 1.29 is 14.7 Å². The van der Waals surface area contributed by atoms with Gasteiger partial charge in [0.1, 0.15) is 0 Å². The van der Waals surface area contributed by atoms with E-state index >= 15 is 0 Å². The summed E-state index contributed by atoms with van der Waals surface area (Å²) >= 11 is 0. The molecule has 0 bridgehead atoms. The number of para-hydroxylation sites is 1. The number of hydrogen-bond acceptors (Lipinski definition) is 3. The fourth-order valence-electron chi connectivity index (χ4n) is 1.87. The topological polar surface area (TPSA) is 81.7 Å². The highest BCUT2D eigenvalue weighted by molar-refractivity contribution is 5.92. The van der Waals surface area contributed by atoms with Gasteiger partial charge in [0.2, 0.25) is 5.91 Å². The summed E-state index contributed by atoms with van der Waals surface area (Å²) < 4.78 is 0. The molecule has 0 saturated carbocycles. The number of amides is 3. The zero-order chi connectivity index (χ0) is 15.7. The first-order valence-corrected chi connectivity index (χ1v) is 7.05. The number of aliphatic hydroxyl groups is 1. The monoisotopic (exact) mass is 293 g/mol. The number of aliphatic hydroxyl groups excluding tert-OH is 1. The van der Waals surface area contributed by atoms with Gasteiger partial charge >= 0.3 is 6.03 Å². The van der Waals surface area contributed by atoms with E-state index in [1.54, 1.807) is 17.0 Å². The summed E-state index contributed by atoms with van der Waals surface area (Å²) in [4.78, 5) is 25.4. The Balaban J connectivity index is 2.41. The van der Waals surface area contributed by atoms with E-state index in [2.05, 4.69) is 10.6 Å². The highest BCUT2D eigenvalue weighted by atomic mass is 16.3. The third kappa shape index (κ3) is 6.27. The summed E-state index contributed by atoms with van der Waals surface area (Å²) in [6, 6.07) is 8.63. The summed E-state index contributed by atoms with van der Waals surface area (Å²) in [6.07, 6.45) is 0.528. The van der Waals surface area contributed by atoms with Crippen molar-refractivity contribution in [3.8, 4) is 0 Å². The van der Waals surface area contributed by atoms with Gasteiger partial charge in [-0.1, -0.05) is 18.2 Å². The Labute approximate surface area is 125 Å². The molecule has 0 aromatic heterocycles. The molecule has 0 heterocycles. The maximum absolute atomic E-state index is 12.0. The van der Waals surface area contributed by atoms with Gasteiger partial charge in [-0.2, -0.15) is 0 Å². The number of nitrogens with one attached hydrogen (secondary N) is 2. The highest BCUT2D eigenvalue weighted by Gasteiger charge is 2.16. The second-order valence-corrected chi connectivity index (χ2v) is 4.93. The van der Waals surface area contributed by atoms with E-state index in [-0.39, 0.29) is 25.1 Å². The lowest BCUT2D eigenvalue weighted by Crippen LogP contribution is -2.45. The molecule has 3 amide bonds. The van der Waals surface area contributed by atoms with Gasteiger partial charge in [0.15, 0.2) is 0 Å². The standard InChI is InChI=1S/C15H23N3O3/c1-12(2)18(9-6-10-19)14(20)11-16-15(21)17-13-7-4-3-5-8-13/h3-5,7-8,12,19H,6,9-11H2,1-2H3,(H2,16,17,21). The average Bonchev–Trinajstić information content (AvgIpc) is 2.46. The number of anilines is 1. The maximum Gasteiger partial charge on any atom is 0.319 e. The molecule has 1 rings (SSSR count). The van der Waals surface area contributed by atoms with Gasteiger partial charge in [-0.3, -0.25) is 4.79 Å². The number of nitrogens with zero attached hydrogens (tertiary/aromatic N) is 1. The Hall–Kier alpha value is -2.08. The first-order valence-electron chi connectivity index (χ1n) is 7.05. The lowest BCUT2D eigenvalue weighted by molar-refractivity contribution is -0.131. The van der Waals surface area contributed by atoms with E-state index in [9.17, 15) is 9.59 Å². The van der Waals surface area contributed by atoms with Gasteiger partial charge in [0.25, 0.3) is 0 Å². The van der Waals surface area contributed by atoms with Gasteiger partial charge in [-0.15, -0.1) is 0 Å². The first kappa shape index (κ1) is 17.0. The molecule has 0 aliphatic rings. The Bertz CT molecular complexity index is 449. The highest BCUT2D eigenvalue weighted by Crippen LogP contribution is 2.04. The minimum Gasteiger partial charge on any atom is -0.396 e. The van der Waals surface area contributed by atoms with Crippen LogP contribution in [0.5, 0.6) is 0 Å². The molecule has 0 atom stereocenters. The molecule has 3 N–H and O–H groups in total. The predicted octanol–water partition coefficient (Wildman–Crippen LogP) is 1.43. The first-order chi connectivity index (χ1) is 10.0. The Morgan fingerprint density at radius 3 is 2.48 bits per heavy atom. The van der Waals surface area contributed by atoms with Crippen LogP contribution in [0.3, 0.4) is 0 Å². The largest absolute Gasteiger partial charge is 0.396 e. The van der Waals surface area contributed by atoms with Crippen molar-refractivity contribution in [1.82, 2.24) is 10.2 Å². The van der Waals surface area contributed by atoms with Crippen molar-refractivity contribution in [3.63, 3.8) is 0 Å². The van der Waals surface area contributed by atoms with Crippen LogP contribution in [0.2, 0.25) is 0 Å². The number of carbonyl (C=O) groups excluding carboxylic acids is 2. The molecule has 0 aliphatic carbocycles. The molecular weight excluding hydrogens is 270 g/mol. The molecule has 1 aromatic rings. The Kier molecular flexibility index (Phi) is 7.25. The molecule has 0 unspecified atom stereocenters. The second-order valence-electron chi connectivity index (χ2n) is 4.93. The number of rotatable bonds is 7. The van der Waals surface area contributed by atoms with Crippen LogP contribution in [0.1, 0.15) is 20.3 Å². The van der Waals surface area contributed by atoms with E-state index in [0.717, 1.165) is 0 Å². The molecule has 1 aromatic carbocycles. The lowest BCUT2D eigenvalue weighted by Gasteiger charge is -2.26. The summed E-state index contributed by atoms with van der Waals surface area (Å²) in [5.74, 6) is -0.165. The predicted molar refractivity (Wildman–Crippen MR) is 82.0 cm³/mol. The molecule has 0 radical (unpaired) electrons. The smallest absolute Gasteiger partial charge is 0.319 e. The van der Waals surface area contributed by atoms with Gasteiger partial charge in [0.05, 0.1) is 6.54 Å². The quantitative estimate of drug-likeness (QED) is 0.711. The second kappa shape index (κ2) is 8.97. The molecule has 0 saturated heterocycles. The van der Waals surface area contributed by atoms with E-state index in [1.165, 1.54) is 0 Å². The zero-order valence-corrected chi connectivity index (χ0v) is 12.5.